The molecule has 142 valence electrons. The SMILES string of the molecule is CC[C@H](C)c1ccc(OCC(=O)Nc2sc3c(c2C#N)CC[C@@H](C)C3)cc1. The van der Waals surface area contributed by atoms with Crippen LogP contribution in [0, 0.1) is 17.2 Å². The lowest BCUT2D eigenvalue weighted by molar-refractivity contribution is -0.118. The molecular weight excluding hydrogens is 356 g/mol. The first-order valence-corrected chi connectivity index (χ1v) is 10.4. The van der Waals surface area contributed by atoms with Crippen molar-refractivity contribution in [3.05, 3.63) is 45.8 Å². The number of hydrogen-bond donors (Lipinski definition) is 1. The Morgan fingerprint density at radius 3 is 2.81 bits per heavy atom. The fraction of sp³-hybridized carbons (Fsp3) is 0.455. The number of amides is 1. The standard InChI is InChI=1S/C22H26N2O2S/c1-4-15(3)16-6-8-17(9-7-16)26-13-21(25)24-22-19(12-23)18-10-5-14(2)11-20(18)27-22/h6-9,14-15H,4-5,10-11,13H2,1-3H3,(H,24,25)/t14-,15+/m1/s1. The van der Waals surface area contributed by atoms with Crippen molar-refractivity contribution in [3.8, 4) is 11.8 Å². The quantitative estimate of drug-likeness (QED) is 0.740. The molecule has 0 saturated carbocycles. The Morgan fingerprint density at radius 1 is 1.41 bits per heavy atom. The predicted octanol–water partition coefficient (Wildman–Crippen LogP) is 5.28. The highest BCUT2D eigenvalue weighted by Gasteiger charge is 2.24. The van der Waals surface area contributed by atoms with Crippen LogP contribution in [0.5, 0.6) is 5.75 Å². The Morgan fingerprint density at radius 2 is 2.15 bits per heavy atom. The van der Waals surface area contributed by atoms with Crippen LogP contribution < -0.4 is 10.1 Å². The molecular formula is C22H26N2O2S. The van der Waals surface area contributed by atoms with E-state index in [1.165, 1.54) is 21.8 Å². The monoisotopic (exact) mass is 382 g/mol. The van der Waals surface area contributed by atoms with Crippen LogP contribution in [0.1, 0.15) is 61.1 Å². The molecule has 0 bridgehead atoms. The van der Waals surface area contributed by atoms with Gasteiger partial charge >= 0.3 is 0 Å². The molecule has 2 atom stereocenters. The van der Waals surface area contributed by atoms with Crippen molar-refractivity contribution in [3.63, 3.8) is 0 Å². The van der Waals surface area contributed by atoms with E-state index in [1.807, 2.05) is 24.3 Å². The van der Waals surface area contributed by atoms with E-state index >= 15 is 0 Å². The molecule has 1 aliphatic carbocycles. The molecule has 1 aromatic carbocycles. The van der Waals surface area contributed by atoms with Gasteiger partial charge in [-0.1, -0.05) is 32.9 Å². The van der Waals surface area contributed by atoms with Crippen LogP contribution in [0.15, 0.2) is 24.3 Å². The van der Waals surface area contributed by atoms with Crippen LogP contribution in [0.4, 0.5) is 5.00 Å². The smallest absolute Gasteiger partial charge is 0.262 e. The van der Waals surface area contributed by atoms with Gasteiger partial charge < -0.3 is 10.1 Å². The fourth-order valence-electron chi connectivity index (χ4n) is 3.40. The summed E-state index contributed by atoms with van der Waals surface area (Å²) in [4.78, 5) is 13.6. The zero-order valence-corrected chi connectivity index (χ0v) is 17.0. The summed E-state index contributed by atoms with van der Waals surface area (Å²) in [5.74, 6) is 1.59. The van der Waals surface area contributed by atoms with Crippen LogP contribution in [-0.4, -0.2) is 12.5 Å². The first-order chi connectivity index (χ1) is 13.0. The van der Waals surface area contributed by atoms with Crippen molar-refractivity contribution >= 4 is 22.2 Å². The number of fused-ring (bicyclic) bond motifs is 1. The summed E-state index contributed by atoms with van der Waals surface area (Å²) in [5.41, 5.74) is 3.02. The summed E-state index contributed by atoms with van der Waals surface area (Å²) in [7, 11) is 0. The summed E-state index contributed by atoms with van der Waals surface area (Å²) >= 11 is 1.54. The lowest BCUT2D eigenvalue weighted by atomic mass is 9.89. The van der Waals surface area contributed by atoms with E-state index in [1.54, 1.807) is 0 Å². The average molecular weight is 383 g/mol. The Hall–Kier alpha value is -2.32. The number of nitriles is 1. The first-order valence-electron chi connectivity index (χ1n) is 9.59. The summed E-state index contributed by atoms with van der Waals surface area (Å²) < 4.78 is 5.61. The Kier molecular flexibility index (Phi) is 6.18. The number of anilines is 1. The van der Waals surface area contributed by atoms with E-state index in [0.717, 1.165) is 31.2 Å². The second-order valence-corrected chi connectivity index (χ2v) is 8.49. The van der Waals surface area contributed by atoms with Crippen LogP contribution in [0.3, 0.4) is 0 Å². The van der Waals surface area contributed by atoms with Crippen molar-refractivity contribution < 1.29 is 9.53 Å². The van der Waals surface area contributed by atoms with Crippen LogP contribution in [0.25, 0.3) is 0 Å². The number of carbonyl (C=O) groups is 1. The van der Waals surface area contributed by atoms with E-state index in [9.17, 15) is 10.1 Å². The highest BCUT2D eigenvalue weighted by Crippen LogP contribution is 2.39. The van der Waals surface area contributed by atoms with Gasteiger partial charge in [0.15, 0.2) is 6.61 Å². The molecule has 3 rings (SSSR count). The topological polar surface area (TPSA) is 62.1 Å². The van der Waals surface area contributed by atoms with E-state index in [2.05, 4.69) is 32.2 Å². The minimum absolute atomic E-state index is 0.0630. The van der Waals surface area contributed by atoms with E-state index < -0.39 is 0 Å². The number of nitrogens with zero attached hydrogens (tertiary/aromatic N) is 1. The van der Waals surface area contributed by atoms with Gasteiger partial charge in [-0.2, -0.15) is 5.26 Å². The first kappa shape index (κ1) is 19.4. The highest BCUT2D eigenvalue weighted by atomic mass is 32.1. The Bertz CT molecular complexity index is 848. The van der Waals surface area contributed by atoms with Gasteiger partial charge in [0.1, 0.15) is 16.8 Å². The maximum absolute atomic E-state index is 12.3. The van der Waals surface area contributed by atoms with E-state index in [-0.39, 0.29) is 12.5 Å². The molecule has 1 amide bonds. The van der Waals surface area contributed by atoms with Gasteiger partial charge in [0.2, 0.25) is 0 Å². The summed E-state index contributed by atoms with van der Waals surface area (Å²) in [6.07, 6.45) is 4.10. The van der Waals surface area contributed by atoms with Crippen molar-refractivity contribution in [1.82, 2.24) is 0 Å². The molecule has 0 unspecified atom stereocenters. The Labute approximate surface area is 165 Å². The van der Waals surface area contributed by atoms with Gasteiger partial charge in [0.05, 0.1) is 5.56 Å². The van der Waals surface area contributed by atoms with Crippen LogP contribution >= 0.6 is 11.3 Å². The zero-order valence-electron chi connectivity index (χ0n) is 16.2. The third-order valence-corrected chi connectivity index (χ3v) is 6.48. The van der Waals surface area contributed by atoms with E-state index in [4.69, 9.17) is 4.74 Å². The number of rotatable bonds is 6. The number of ether oxygens (including phenoxy) is 1. The molecule has 0 saturated heterocycles. The normalized spacial score (nSPS) is 16.9. The van der Waals surface area contributed by atoms with Crippen LogP contribution in [-0.2, 0) is 17.6 Å². The molecule has 5 heteroatoms. The van der Waals surface area contributed by atoms with Gasteiger partial charge in [0.25, 0.3) is 5.91 Å². The number of nitrogens with one attached hydrogen (secondary N) is 1. The number of benzene rings is 1. The highest BCUT2D eigenvalue weighted by molar-refractivity contribution is 7.16. The molecule has 1 N–H and O–H groups in total. The number of hydrogen-bond acceptors (Lipinski definition) is 4. The summed E-state index contributed by atoms with van der Waals surface area (Å²) in [5, 5.41) is 13.1. The molecule has 1 aliphatic rings. The van der Waals surface area contributed by atoms with Gasteiger partial charge in [-0.3, -0.25) is 4.79 Å². The maximum atomic E-state index is 12.3. The molecule has 2 aromatic rings. The minimum Gasteiger partial charge on any atom is -0.484 e. The van der Waals surface area contributed by atoms with Crippen molar-refractivity contribution in [2.24, 2.45) is 5.92 Å². The van der Waals surface area contributed by atoms with Gasteiger partial charge in [-0.25, -0.2) is 0 Å². The van der Waals surface area contributed by atoms with E-state index in [0.29, 0.717) is 28.1 Å². The number of carbonyl (C=O) groups excluding carboxylic acids is 1. The lowest BCUT2D eigenvalue weighted by Gasteiger charge is -2.17. The third kappa shape index (κ3) is 4.51. The molecule has 4 nitrogen and oxygen atoms in total. The Balaban J connectivity index is 1.61. The van der Waals surface area contributed by atoms with Crippen molar-refractivity contribution in [2.75, 3.05) is 11.9 Å². The fourth-order valence-corrected chi connectivity index (χ4v) is 4.77. The van der Waals surface area contributed by atoms with Crippen LogP contribution in [0.2, 0.25) is 0 Å². The predicted molar refractivity (Wildman–Crippen MR) is 109 cm³/mol. The minimum atomic E-state index is -0.232. The summed E-state index contributed by atoms with van der Waals surface area (Å²) in [6.45, 7) is 6.52. The molecule has 0 radical (unpaired) electrons. The maximum Gasteiger partial charge on any atom is 0.262 e. The molecule has 0 spiro atoms. The van der Waals surface area contributed by atoms with Crippen molar-refractivity contribution in [2.45, 2.75) is 52.4 Å². The second kappa shape index (κ2) is 8.58. The third-order valence-electron chi connectivity index (χ3n) is 5.31. The molecule has 0 fully saturated rings. The molecule has 1 heterocycles. The lowest BCUT2D eigenvalue weighted by Crippen LogP contribution is -2.20. The summed E-state index contributed by atoms with van der Waals surface area (Å²) in [6, 6.07) is 10.2. The zero-order chi connectivity index (χ0) is 19.4. The molecule has 27 heavy (non-hydrogen) atoms. The second-order valence-electron chi connectivity index (χ2n) is 7.38. The average Bonchev–Trinajstić information content (AvgIpc) is 3.01. The molecule has 1 aromatic heterocycles. The van der Waals surface area contributed by atoms with Gasteiger partial charge in [0, 0.05) is 4.88 Å². The van der Waals surface area contributed by atoms with Gasteiger partial charge in [-0.05, 0) is 60.8 Å². The number of thiophene rings is 1. The van der Waals surface area contributed by atoms with Crippen molar-refractivity contribution in [1.29, 1.82) is 5.26 Å². The van der Waals surface area contributed by atoms with Gasteiger partial charge in [-0.15, -0.1) is 11.3 Å². The molecule has 0 aliphatic heterocycles. The largest absolute Gasteiger partial charge is 0.484 e.